The van der Waals surface area contributed by atoms with Gasteiger partial charge in [0.25, 0.3) is 5.88 Å². The number of aromatic nitrogens is 2. The van der Waals surface area contributed by atoms with E-state index in [0.29, 0.717) is 30.2 Å². The van der Waals surface area contributed by atoms with Gasteiger partial charge in [0, 0.05) is 35.7 Å². The van der Waals surface area contributed by atoms with E-state index in [0.717, 1.165) is 11.3 Å². The molecule has 128 valence electrons. The topological polar surface area (TPSA) is 112 Å². The molecule has 25 heavy (non-hydrogen) atoms. The molecule has 9 nitrogen and oxygen atoms in total. The van der Waals surface area contributed by atoms with Crippen LogP contribution in [0, 0.1) is 10.1 Å². The fraction of sp³-hybridized carbons (Fsp3) is 0.250. The van der Waals surface area contributed by atoms with E-state index in [9.17, 15) is 10.1 Å². The molecule has 0 unspecified atom stereocenters. The highest BCUT2D eigenvalue weighted by molar-refractivity contribution is 5.85. The molecule has 2 aromatic heterocycles. The number of nitrogens with zero attached hydrogens (tertiary/aromatic N) is 5. The molecule has 2 aliphatic heterocycles. The third-order valence-electron chi connectivity index (χ3n) is 3.61. The molecule has 9 heteroatoms. The van der Waals surface area contributed by atoms with Gasteiger partial charge in [-0.15, -0.1) is 0 Å². The molecular formula is C16H15N5O4. The molecule has 0 radical (unpaired) electrons. The number of methoxy groups -OCH3 is 2. The van der Waals surface area contributed by atoms with Crippen molar-refractivity contribution in [2.45, 2.75) is 13.1 Å². The van der Waals surface area contributed by atoms with Crippen LogP contribution in [0.1, 0.15) is 22.5 Å². The highest BCUT2D eigenvalue weighted by Crippen LogP contribution is 2.28. The first kappa shape index (κ1) is 16.5. The van der Waals surface area contributed by atoms with Crippen molar-refractivity contribution in [2.24, 2.45) is 9.98 Å². The molecule has 0 amide bonds. The number of rotatable bonds is 3. The first-order chi connectivity index (χ1) is 12.1. The summed E-state index contributed by atoms with van der Waals surface area (Å²) in [5.41, 5.74) is 3.39. The number of aliphatic imine (C=N–C) groups is 2. The predicted octanol–water partition coefficient (Wildman–Crippen LogP) is 1.95. The summed E-state index contributed by atoms with van der Waals surface area (Å²) >= 11 is 0. The lowest BCUT2D eigenvalue weighted by Gasteiger charge is -2.02. The molecule has 4 heterocycles. The second kappa shape index (κ2) is 7.04. The predicted molar refractivity (Wildman–Crippen MR) is 90.8 cm³/mol. The third kappa shape index (κ3) is 3.44. The molecule has 0 atom stereocenters. The van der Waals surface area contributed by atoms with Gasteiger partial charge in [0.1, 0.15) is 0 Å². The summed E-state index contributed by atoms with van der Waals surface area (Å²) in [5, 5.41) is 10.6. The largest absolute Gasteiger partial charge is 0.481 e. The fourth-order valence-electron chi connectivity index (χ4n) is 2.37. The van der Waals surface area contributed by atoms with Gasteiger partial charge < -0.3 is 9.47 Å². The minimum atomic E-state index is -0.516. The van der Waals surface area contributed by atoms with Gasteiger partial charge in [0.2, 0.25) is 5.88 Å². The van der Waals surface area contributed by atoms with Crippen molar-refractivity contribution in [1.29, 1.82) is 0 Å². The Labute approximate surface area is 143 Å². The Morgan fingerprint density at radius 1 is 1.00 bits per heavy atom. The smallest absolute Gasteiger partial charge is 0.331 e. The van der Waals surface area contributed by atoms with Crippen LogP contribution in [0.5, 0.6) is 11.8 Å². The zero-order chi connectivity index (χ0) is 17.8. The van der Waals surface area contributed by atoms with Crippen LogP contribution in [-0.4, -0.2) is 41.5 Å². The zero-order valence-electron chi connectivity index (χ0n) is 13.7. The van der Waals surface area contributed by atoms with Crippen molar-refractivity contribution in [3.8, 4) is 11.8 Å². The number of nitro groups is 1. The van der Waals surface area contributed by atoms with Gasteiger partial charge in [-0.05, 0) is 6.07 Å². The molecule has 0 bridgehead atoms. The van der Waals surface area contributed by atoms with Crippen molar-refractivity contribution in [1.82, 2.24) is 9.97 Å². The SMILES string of the molecule is COc1ccc2c(n1)CN=C2.COc1nc2c(cc1[N+](=O)[O-])C=NC2. The van der Waals surface area contributed by atoms with Gasteiger partial charge in [-0.1, -0.05) is 0 Å². The van der Waals surface area contributed by atoms with E-state index in [4.69, 9.17) is 9.47 Å². The summed E-state index contributed by atoms with van der Waals surface area (Å²) in [7, 11) is 2.97. The van der Waals surface area contributed by atoms with E-state index in [1.54, 1.807) is 13.3 Å². The Bertz CT molecular complexity index is 879. The summed E-state index contributed by atoms with van der Waals surface area (Å²) in [6.45, 7) is 1.15. The van der Waals surface area contributed by atoms with Crippen LogP contribution in [0.4, 0.5) is 5.69 Å². The van der Waals surface area contributed by atoms with E-state index < -0.39 is 4.92 Å². The standard InChI is InChI=1S/C8H7N3O3.C8H8N2O/c1-14-8-7(11(12)13)2-5-3-9-4-6(5)10-8;1-11-8-3-2-6-4-9-5-7(6)10-8/h2-3H,4H2,1H3;2-4H,5H2,1H3. The quantitative estimate of drug-likeness (QED) is 0.623. The summed E-state index contributed by atoms with van der Waals surface area (Å²) < 4.78 is 9.80. The van der Waals surface area contributed by atoms with Gasteiger partial charge in [-0.3, -0.25) is 20.1 Å². The minimum absolute atomic E-state index is 0.0410. The van der Waals surface area contributed by atoms with Gasteiger partial charge >= 0.3 is 5.69 Å². The summed E-state index contributed by atoms with van der Waals surface area (Å²) in [6, 6.07) is 5.24. The maximum atomic E-state index is 10.6. The van der Waals surface area contributed by atoms with E-state index in [1.807, 2.05) is 18.3 Å². The Hall–Kier alpha value is -3.36. The van der Waals surface area contributed by atoms with Crippen molar-refractivity contribution in [3.63, 3.8) is 0 Å². The van der Waals surface area contributed by atoms with Gasteiger partial charge in [0.05, 0.1) is 43.6 Å². The zero-order valence-corrected chi connectivity index (χ0v) is 13.7. The van der Waals surface area contributed by atoms with E-state index in [1.165, 1.54) is 13.2 Å². The Morgan fingerprint density at radius 3 is 2.32 bits per heavy atom. The molecule has 0 saturated carbocycles. The molecule has 0 aromatic carbocycles. The third-order valence-corrected chi connectivity index (χ3v) is 3.61. The van der Waals surface area contributed by atoms with Gasteiger partial charge in [-0.25, -0.2) is 9.97 Å². The van der Waals surface area contributed by atoms with Crippen molar-refractivity contribution >= 4 is 18.1 Å². The minimum Gasteiger partial charge on any atom is -0.481 e. The summed E-state index contributed by atoms with van der Waals surface area (Å²) in [4.78, 5) is 26.4. The van der Waals surface area contributed by atoms with Crippen LogP contribution in [0.25, 0.3) is 0 Å². The Balaban J connectivity index is 0.000000150. The maximum absolute atomic E-state index is 10.6. The highest BCUT2D eigenvalue weighted by atomic mass is 16.6. The molecule has 0 aliphatic carbocycles. The average Bonchev–Trinajstić information content (AvgIpc) is 3.28. The van der Waals surface area contributed by atoms with Crippen LogP contribution in [0.3, 0.4) is 0 Å². The van der Waals surface area contributed by atoms with Crippen molar-refractivity contribution in [2.75, 3.05) is 14.2 Å². The number of ether oxygens (including phenoxy) is 2. The summed E-state index contributed by atoms with van der Waals surface area (Å²) in [5.74, 6) is 0.702. The monoisotopic (exact) mass is 341 g/mol. The molecule has 4 rings (SSSR count). The molecule has 0 N–H and O–H groups in total. The molecule has 2 aromatic rings. The lowest BCUT2D eigenvalue weighted by Crippen LogP contribution is -2.00. The van der Waals surface area contributed by atoms with Crippen molar-refractivity contribution in [3.05, 3.63) is 50.8 Å². The number of hydrogen-bond acceptors (Lipinski definition) is 8. The maximum Gasteiger partial charge on any atom is 0.331 e. The lowest BCUT2D eigenvalue weighted by atomic mass is 10.2. The molecule has 2 aliphatic rings. The second-order valence-electron chi connectivity index (χ2n) is 5.14. The molecule has 0 fully saturated rings. The highest BCUT2D eigenvalue weighted by Gasteiger charge is 2.21. The Kier molecular flexibility index (Phi) is 4.64. The van der Waals surface area contributed by atoms with E-state index >= 15 is 0 Å². The van der Waals surface area contributed by atoms with Gasteiger partial charge in [0.15, 0.2) is 0 Å². The lowest BCUT2D eigenvalue weighted by molar-refractivity contribution is -0.386. The van der Waals surface area contributed by atoms with Crippen molar-refractivity contribution < 1.29 is 14.4 Å². The first-order valence-corrected chi connectivity index (χ1v) is 7.38. The number of hydrogen-bond donors (Lipinski definition) is 0. The average molecular weight is 341 g/mol. The normalized spacial score (nSPS) is 12.9. The van der Waals surface area contributed by atoms with Crippen LogP contribution in [0.15, 0.2) is 28.2 Å². The fourth-order valence-corrected chi connectivity index (χ4v) is 2.37. The second-order valence-corrected chi connectivity index (χ2v) is 5.14. The van der Waals surface area contributed by atoms with Crippen LogP contribution < -0.4 is 9.47 Å². The molecule has 0 saturated heterocycles. The van der Waals surface area contributed by atoms with E-state index in [-0.39, 0.29) is 11.6 Å². The van der Waals surface area contributed by atoms with Crippen LogP contribution in [-0.2, 0) is 13.1 Å². The Morgan fingerprint density at radius 2 is 1.68 bits per heavy atom. The van der Waals surface area contributed by atoms with Crippen LogP contribution >= 0.6 is 0 Å². The molecular weight excluding hydrogens is 326 g/mol. The first-order valence-electron chi connectivity index (χ1n) is 7.38. The number of pyridine rings is 2. The molecule has 0 spiro atoms. The summed E-state index contributed by atoms with van der Waals surface area (Å²) in [6.07, 6.45) is 3.41. The van der Waals surface area contributed by atoms with Crippen LogP contribution in [0.2, 0.25) is 0 Å². The van der Waals surface area contributed by atoms with E-state index in [2.05, 4.69) is 20.0 Å². The number of fused-ring (bicyclic) bond motifs is 2. The van der Waals surface area contributed by atoms with Gasteiger partial charge in [-0.2, -0.15) is 0 Å².